The van der Waals surface area contributed by atoms with Crippen LogP contribution in [0.5, 0.6) is 0 Å². The summed E-state index contributed by atoms with van der Waals surface area (Å²) in [6.07, 6.45) is 1.45. The minimum atomic E-state index is -0.438. The highest BCUT2D eigenvalue weighted by Gasteiger charge is 2.13. The van der Waals surface area contributed by atoms with Crippen molar-refractivity contribution in [1.82, 2.24) is 5.32 Å². The summed E-state index contributed by atoms with van der Waals surface area (Å²) in [5.41, 5.74) is 2.14. The fourth-order valence-corrected chi connectivity index (χ4v) is 3.72. The van der Waals surface area contributed by atoms with E-state index in [-0.39, 0.29) is 5.57 Å². The first-order valence-corrected chi connectivity index (χ1v) is 10.1. The lowest BCUT2D eigenvalue weighted by molar-refractivity contribution is -0.117. The van der Waals surface area contributed by atoms with Gasteiger partial charge in [0.1, 0.15) is 17.4 Å². The van der Waals surface area contributed by atoms with Crippen molar-refractivity contribution >= 4 is 39.7 Å². The molecule has 0 aliphatic rings. The number of amides is 1. The van der Waals surface area contributed by atoms with Gasteiger partial charge in [0.05, 0.1) is 4.47 Å². The Morgan fingerprint density at radius 1 is 1.21 bits per heavy atom. The van der Waals surface area contributed by atoms with Gasteiger partial charge in [0.15, 0.2) is 5.09 Å². The lowest BCUT2D eigenvalue weighted by Crippen LogP contribution is -2.23. The van der Waals surface area contributed by atoms with Crippen LogP contribution in [0.25, 0.3) is 6.08 Å². The van der Waals surface area contributed by atoms with E-state index in [1.165, 1.54) is 23.4 Å². The molecule has 4 nitrogen and oxygen atoms in total. The number of furan rings is 1. The highest BCUT2D eigenvalue weighted by Crippen LogP contribution is 2.36. The molecule has 0 atom stereocenters. The van der Waals surface area contributed by atoms with Gasteiger partial charge in [0, 0.05) is 17.5 Å². The summed E-state index contributed by atoms with van der Waals surface area (Å²) < 4.78 is 6.57. The Bertz CT molecular complexity index is 1030. The average Bonchev–Trinajstić information content (AvgIpc) is 3.05. The Morgan fingerprint density at radius 2 is 1.93 bits per heavy atom. The third kappa shape index (κ3) is 5.38. The molecule has 1 aromatic heterocycles. The van der Waals surface area contributed by atoms with Crippen molar-refractivity contribution in [2.24, 2.45) is 0 Å². The monoisotopic (exact) mass is 452 g/mol. The number of aryl methyl sites for hydroxylation is 1. The maximum Gasteiger partial charge on any atom is 0.262 e. The molecular formula is C22H17BrN2O2S. The first-order chi connectivity index (χ1) is 13.5. The summed E-state index contributed by atoms with van der Waals surface area (Å²) in [6.45, 7) is 2.39. The summed E-state index contributed by atoms with van der Waals surface area (Å²) in [7, 11) is 0. The SMILES string of the molecule is Cc1ccc(Sc2oc(/C=C(/C#N)C(=O)NCc3ccccc3)cc2Br)cc1. The number of rotatable bonds is 6. The molecule has 28 heavy (non-hydrogen) atoms. The van der Waals surface area contributed by atoms with Gasteiger partial charge in [-0.25, -0.2) is 0 Å². The summed E-state index contributed by atoms with van der Waals surface area (Å²) in [6, 6.07) is 21.3. The lowest BCUT2D eigenvalue weighted by atomic mass is 10.2. The molecule has 0 saturated carbocycles. The lowest BCUT2D eigenvalue weighted by Gasteiger charge is -2.03. The zero-order valence-corrected chi connectivity index (χ0v) is 17.5. The molecule has 140 valence electrons. The fraction of sp³-hybridized carbons (Fsp3) is 0.0909. The van der Waals surface area contributed by atoms with Gasteiger partial charge in [-0.1, -0.05) is 59.8 Å². The van der Waals surface area contributed by atoms with Gasteiger partial charge in [-0.2, -0.15) is 5.26 Å². The number of nitrogens with zero attached hydrogens (tertiary/aromatic N) is 1. The van der Waals surface area contributed by atoms with Gasteiger partial charge >= 0.3 is 0 Å². The van der Waals surface area contributed by atoms with Crippen LogP contribution in [0.2, 0.25) is 0 Å². The molecule has 3 rings (SSSR count). The zero-order chi connectivity index (χ0) is 19.9. The van der Waals surface area contributed by atoms with E-state index in [9.17, 15) is 10.1 Å². The smallest absolute Gasteiger partial charge is 0.262 e. The van der Waals surface area contributed by atoms with Crippen LogP contribution in [-0.2, 0) is 11.3 Å². The minimum Gasteiger partial charge on any atom is -0.449 e. The molecule has 0 aliphatic carbocycles. The topological polar surface area (TPSA) is 66.0 Å². The molecule has 0 fully saturated rings. The normalized spacial score (nSPS) is 11.1. The molecule has 0 unspecified atom stereocenters. The third-order valence-electron chi connectivity index (χ3n) is 3.85. The molecule has 3 aromatic rings. The largest absolute Gasteiger partial charge is 0.449 e. The van der Waals surface area contributed by atoms with Crippen molar-refractivity contribution in [3.05, 3.63) is 87.6 Å². The standard InChI is InChI=1S/C22H17BrN2O2S/c1-15-7-9-19(10-8-15)28-22-20(23)12-18(27-22)11-17(13-24)21(26)25-14-16-5-3-2-4-6-16/h2-12H,14H2,1H3,(H,25,26)/b17-11-. The quantitative estimate of drug-likeness (QED) is 0.383. The number of hydrogen-bond acceptors (Lipinski definition) is 4. The number of hydrogen-bond donors (Lipinski definition) is 1. The van der Waals surface area contributed by atoms with Gasteiger partial charge in [0.25, 0.3) is 5.91 Å². The van der Waals surface area contributed by atoms with Gasteiger partial charge in [-0.3, -0.25) is 4.79 Å². The molecule has 0 spiro atoms. The van der Waals surface area contributed by atoms with Crippen LogP contribution in [0.1, 0.15) is 16.9 Å². The Kier molecular flexibility index (Phi) is 6.75. The van der Waals surface area contributed by atoms with Gasteiger partial charge in [-0.05, 0) is 46.6 Å². The van der Waals surface area contributed by atoms with Crippen LogP contribution < -0.4 is 5.32 Å². The van der Waals surface area contributed by atoms with E-state index in [0.29, 0.717) is 17.4 Å². The Balaban J connectivity index is 1.71. The van der Waals surface area contributed by atoms with Crippen LogP contribution >= 0.6 is 27.7 Å². The molecule has 1 heterocycles. The van der Waals surface area contributed by atoms with Crippen LogP contribution in [-0.4, -0.2) is 5.91 Å². The Hall–Kier alpha value is -2.75. The highest BCUT2D eigenvalue weighted by atomic mass is 79.9. The maximum atomic E-state index is 12.3. The molecule has 0 radical (unpaired) electrons. The Labute approximate surface area is 176 Å². The van der Waals surface area contributed by atoms with Crippen LogP contribution in [0.3, 0.4) is 0 Å². The average molecular weight is 453 g/mol. The predicted molar refractivity (Wildman–Crippen MR) is 114 cm³/mol. The minimum absolute atomic E-state index is 0.0101. The van der Waals surface area contributed by atoms with E-state index in [2.05, 4.69) is 21.2 Å². The molecule has 6 heteroatoms. The zero-order valence-electron chi connectivity index (χ0n) is 15.1. The van der Waals surface area contributed by atoms with E-state index in [1.807, 2.05) is 67.6 Å². The summed E-state index contributed by atoms with van der Waals surface area (Å²) in [5.74, 6) is -0.000453. The number of nitrogens with one attached hydrogen (secondary N) is 1. The second-order valence-electron chi connectivity index (χ2n) is 6.04. The summed E-state index contributed by atoms with van der Waals surface area (Å²) >= 11 is 4.94. The van der Waals surface area contributed by atoms with E-state index in [1.54, 1.807) is 6.07 Å². The predicted octanol–water partition coefficient (Wildman–Crippen LogP) is 5.73. The number of nitriles is 1. The first-order valence-electron chi connectivity index (χ1n) is 8.53. The second kappa shape index (κ2) is 9.45. The van der Waals surface area contributed by atoms with E-state index in [4.69, 9.17) is 4.42 Å². The van der Waals surface area contributed by atoms with Gasteiger partial charge < -0.3 is 9.73 Å². The summed E-state index contributed by atoms with van der Waals surface area (Å²) in [4.78, 5) is 13.3. The Morgan fingerprint density at radius 3 is 2.61 bits per heavy atom. The molecule has 0 bridgehead atoms. The number of carbonyl (C=O) groups is 1. The van der Waals surface area contributed by atoms with Crippen molar-refractivity contribution in [2.45, 2.75) is 23.5 Å². The van der Waals surface area contributed by atoms with Gasteiger partial charge in [-0.15, -0.1) is 0 Å². The van der Waals surface area contributed by atoms with Crippen LogP contribution in [0, 0.1) is 18.3 Å². The maximum absolute atomic E-state index is 12.3. The van der Waals surface area contributed by atoms with Crippen molar-refractivity contribution < 1.29 is 9.21 Å². The summed E-state index contributed by atoms with van der Waals surface area (Å²) in [5, 5.41) is 12.8. The van der Waals surface area contributed by atoms with Crippen molar-refractivity contribution in [3.63, 3.8) is 0 Å². The van der Waals surface area contributed by atoms with E-state index < -0.39 is 5.91 Å². The molecular weight excluding hydrogens is 436 g/mol. The van der Waals surface area contributed by atoms with Gasteiger partial charge in [0.2, 0.25) is 0 Å². The number of benzene rings is 2. The van der Waals surface area contributed by atoms with Crippen LogP contribution in [0.15, 0.2) is 85.1 Å². The first kappa shape index (κ1) is 20.0. The number of halogens is 1. The second-order valence-corrected chi connectivity index (χ2v) is 7.94. The highest BCUT2D eigenvalue weighted by molar-refractivity contribution is 9.10. The molecule has 0 saturated heterocycles. The number of carbonyl (C=O) groups excluding carboxylic acids is 1. The van der Waals surface area contributed by atoms with E-state index in [0.717, 1.165) is 14.9 Å². The van der Waals surface area contributed by atoms with Crippen molar-refractivity contribution in [2.75, 3.05) is 0 Å². The molecule has 1 N–H and O–H groups in total. The van der Waals surface area contributed by atoms with Crippen molar-refractivity contribution in [3.8, 4) is 6.07 Å². The fourth-order valence-electron chi connectivity index (χ4n) is 2.39. The van der Waals surface area contributed by atoms with Crippen molar-refractivity contribution in [1.29, 1.82) is 5.26 Å². The van der Waals surface area contributed by atoms with Crippen LogP contribution in [0.4, 0.5) is 0 Å². The van der Waals surface area contributed by atoms with E-state index >= 15 is 0 Å². The third-order valence-corrected chi connectivity index (χ3v) is 5.70. The molecule has 0 aliphatic heterocycles. The molecule has 1 amide bonds. The molecule has 2 aromatic carbocycles.